The van der Waals surface area contributed by atoms with Gasteiger partial charge in [0.05, 0.1) is 17.2 Å². The molecule has 0 spiro atoms. The normalized spacial score (nSPS) is 10.0. The number of rotatable bonds is 6. The van der Waals surface area contributed by atoms with E-state index in [1.54, 1.807) is 55.5 Å². The Balaban J connectivity index is 2.01. The number of carbonyl (C=O) groups excluding carboxylic acids is 2. The van der Waals surface area contributed by atoms with E-state index in [1.807, 2.05) is 0 Å². The Labute approximate surface area is 139 Å². The monoisotopic (exact) mass is 333 g/mol. The van der Waals surface area contributed by atoms with Crippen LogP contribution in [-0.4, -0.2) is 25.1 Å². The van der Waals surface area contributed by atoms with E-state index in [1.165, 1.54) is 0 Å². The van der Waals surface area contributed by atoms with Gasteiger partial charge in [-0.1, -0.05) is 29.8 Å². The van der Waals surface area contributed by atoms with Gasteiger partial charge in [-0.3, -0.25) is 4.79 Å². The van der Waals surface area contributed by atoms with E-state index in [4.69, 9.17) is 21.1 Å². The lowest BCUT2D eigenvalue weighted by atomic mass is 10.2. The highest BCUT2D eigenvalue weighted by atomic mass is 35.5. The van der Waals surface area contributed by atoms with Gasteiger partial charge in [0, 0.05) is 11.8 Å². The zero-order valence-electron chi connectivity index (χ0n) is 12.5. The number of hydrogen-bond donors (Lipinski definition) is 1. The maximum absolute atomic E-state index is 12.2. The fraction of sp³-hybridized carbons (Fsp3) is 0.176. The summed E-state index contributed by atoms with van der Waals surface area (Å²) in [6.45, 7) is 1.84. The maximum Gasteiger partial charge on any atom is 0.344 e. The number of anilines is 1. The van der Waals surface area contributed by atoms with Gasteiger partial charge >= 0.3 is 5.97 Å². The molecular weight excluding hydrogens is 318 g/mol. The molecule has 2 rings (SSSR count). The van der Waals surface area contributed by atoms with Crippen LogP contribution in [0.5, 0.6) is 5.75 Å². The molecule has 0 saturated carbocycles. The topological polar surface area (TPSA) is 64.6 Å². The van der Waals surface area contributed by atoms with Gasteiger partial charge in [0.25, 0.3) is 5.91 Å². The van der Waals surface area contributed by atoms with Crippen LogP contribution in [0.15, 0.2) is 48.5 Å². The summed E-state index contributed by atoms with van der Waals surface area (Å²) in [5.74, 6) is -0.314. The minimum absolute atomic E-state index is 0.185. The minimum Gasteiger partial charge on any atom is -0.482 e. The number of ether oxygens (including phenoxy) is 2. The molecule has 2 aromatic rings. The van der Waals surface area contributed by atoms with Crippen LogP contribution in [0.25, 0.3) is 0 Å². The quantitative estimate of drug-likeness (QED) is 0.821. The van der Waals surface area contributed by atoms with Crippen LogP contribution in [0.4, 0.5) is 5.69 Å². The molecule has 0 atom stereocenters. The molecule has 6 heteroatoms. The molecule has 5 nitrogen and oxygen atoms in total. The molecule has 0 aromatic heterocycles. The van der Waals surface area contributed by atoms with Gasteiger partial charge in [0.15, 0.2) is 6.61 Å². The second-order valence-corrected chi connectivity index (χ2v) is 4.96. The van der Waals surface area contributed by atoms with Crippen LogP contribution < -0.4 is 10.1 Å². The highest BCUT2D eigenvalue weighted by Crippen LogP contribution is 2.20. The van der Waals surface area contributed by atoms with E-state index in [0.29, 0.717) is 28.6 Å². The van der Waals surface area contributed by atoms with Gasteiger partial charge in [-0.05, 0) is 31.2 Å². The first-order valence-electron chi connectivity index (χ1n) is 7.04. The van der Waals surface area contributed by atoms with Gasteiger partial charge in [-0.2, -0.15) is 0 Å². The van der Waals surface area contributed by atoms with Crippen molar-refractivity contribution < 1.29 is 19.1 Å². The van der Waals surface area contributed by atoms with Crippen LogP contribution in [0.2, 0.25) is 5.02 Å². The van der Waals surface area contributed by atoms with Crippen LogP contribution in [0.3, 0.4) is 0 Å². The summed E-state index contributed by atoms with van der Waals surface area (Å²) in [6, 6.07) is 13.5. The number of hydrogen-bond acceptors (Lipinski definition) is 4. The van der Waals surface area contributed by atoms with E-state index >= 15 is 0 Å². The van der Waals surface area contributed by atoms with E-state index in [0.717, 1.165) is 0 Å². The van der Waals surface area contributed by atoms with Crippen molar-refractivity contribution in [3.8, 4) is 5.75 Å². The SMILES string of the molecule is CCOC(=O)COc1cccc(NC(=O)c2ccccc2Cl)c1. The largest absolute Gasteiger partial charge is 0.482 e. The number of nitrogens with one attached hydrogen (secondary N) is 1. The van der Waals surface area contributed by atoms with Crippen molar-refractivity contribution in [1.29, 1.82) is 0 Å². The molecule has 0 radical (unpaired) electrons. The molecule has 120 valence electrons. The molecular formula is C17H16ClNO4. The van der Waals surface area contributed by atoms with Gasteiger partial charge < -0.3 is 14.8 Å². The van der Waals surface area contributed by atoms with Crippen LogP contribution in [0.1, 0.15) is 17.3 Å². The van der Waals surface area contributed by atoms with Crippen LogP contribution in [-0.2, 0) is 9.53 Å². The second kappa shape index (κ2) is 8.19. The summed E-state index contributed by atoms with van der Waals surface area (Å²) in [6.07, 6.45) is 0. The van der Waals surface area contributed by atoms with E-state index in [9.17, 15) is 9.59 Å². The Bertz CT molecular complexity index is 702. The highest BCUT2D eigenvalue weighted by Gasteiger charge is 2.10. The van der Waals surface area contributed by atoms with Gasteiger partial charge in [0.2, 0.25) is 0 Å². The van der Waals surface area contributed by atoms with Gasteiger partial charge in [-0.15, -0.1) is 0 Å². The third kappa shape index (κ3) is 5.00. The van der Waals surface area contributed by atoms with Crippen LogP contribution >= 0.6 is 11.6 Å². The zero-order chi connectivity index (χ0) is 16.7. The Morgan fingerprint density at radius 3 is 2.65 bits per heavy atom. The summed E-state index contributed by atoms with van der Waals surface area (Å²) in [5.41, 5.74) is 0.920. The minimum atomic E-state index is -0.446. The molecule has 0 bridgehead atoms. The fourth-order valence-electron chi connectivity index (χ4n) is 1.85. The summed E-state index contributed by atoms with van der Waals surface area (Å²) in [5, 5.41) is 3.11. The summed E-state index contributed by atoms with van der Waals surface area (Å²) in [4.78, 5) is 23.5. The average molecular weight is 334 g/mol. The predicted octanol–water partition coefficient (Wildman–Crippen LogP) is 3.53. The standard InChI is InChI=1S/C17H16ClNO4/c1-2-22-16(20)11-23-13-7-5-6-12(10-13)19-17(21)14-8-3-4-9-15(14)18/h3-10H,2,11H2,1H3,(H,19,21). The number of benzene rings is 2. The molecule has 1 amide bonds. The van der Waals surface area contributed by atoms with Crippen LogP contribution in [0, 0.1) is 0 Å². The van der Waals surface area contributed by atoms with Crippen molar-refractivity contribution in [2.45, 2.75) is 6.92 Å². The van der Waals surface area contributed by atoms with Crippen molar-refractivity contribution in [3.05, 3.63) is 59.1 Å². The van der Waals surface area contributed by atoms with Crippen molar-refractivity contribution in [3.63, 3.8) is 0 Å². The van der Waals surface area contributed by atoms with Gasteiger partial charge in [0.1, 0.15) is 5.75 Å². The second-order valence-electron chi connectivity index (χ2n) is 4.56. The molecule has 0 aliphatic carbocycles. The molecule has 0 aliphatic heterocycles. The Morgan fingerprint density at radius 2 is 1.91 bits per heavy atom. The summed E-state index contributed by atoms with van der Waals surface area (Å²) in [7, 11) is 0. The molecule has 2 aromatic carbocycles. The summed E-state index contributed by atoms with van der Waals surface area (Å²) < 4.78 is 10.1. The third-order valence-electron chi connectivity index (χ3n) is 2.87. The molecule has 23 heavy (non-hydrogen) atoms. The zero-order valence-corrected chi connectivity index (χ0v) is 13.3. The number of amides is 1. The van der Waals surface area contributed by atoms with Crippen molar-refractivity contribution in [2.24, 2.45) is 0 Å². The molecule has 0 aliphatic rings. The molecule has 0 unspecified atom stereocenters. The molecule has 1 N–H and O–H groups in total. The Hall–Kier alpha value is -2.53. The fourth-order valence-corrected chi connectivity index (χ4v) is 2.07. The predicted molar refractivity (Wildman–Crippen MR) is 88.0 cm³/mol. The van der Waals surface area contributed by atoms with Crippen molar-refractivity contribution in [1.82, 2.24) is 0 Å². The summed E-state index contributed by atoms with van der Waals surface area (Å²) >= 11 is 5.99. The lowest BCUT2D eigenvalue weighted by molar-refractivity contribution is -0.145. The van der Waals surface area contributed by atoms with E-state index in [2.05, 4.69) is 5.32 Å². The smallest absolute Gasteiger partial charge is 0.344 e. The van der Waals surface area contributed by atoms with Gasteiger partial charge in [-0.25, -0.2) is 4.79 Å². The average Bonchev–Trinajstić information content (AvgIpc) is 2.54. The van der Waals surface area contributed by atoms with Crippen molar-refractivity contribution in [2.75, 3.05) is 18.5 Å². The Morgan fingerprint density at radius 1 is 1.13 bits per heavy atom. The third-order valence-corrected chi connectivity index (χ3v) is 3.20. The lowest BCUT2D eigenvalue weighted by Crippen LogP contribution is -2.15. The number of halogens is 1. The lowest BCUT2D eigenvalue weighted by Gasteiger charge is -2.09. The first-order chi connectivity index (χ1) is 11.1. The number of carbonyl (C=O) groups is 2. The van der Waals surface area contributed by atoms with Crippen molar-refractivity contribution >= 4 is 29.2 Å². The Kier molecular flexibility index (Phi) is 6.00. The first-order valence-corrected chi connectivity index (χ1v) is 7.42. The highest BCUT2D eigenvalue weighted by molar-refractivity contribution is 6.34. The molecule has 0 saturated heterocycles. The molecule has 0 heterocycles. The maximum atomic E-state index is 12.2. The molecule has 0 fully saturated rings. The number of esters is 1. The van der Waals surface area contributed by atoms with E-state index < -0.39 is 5.97 Å². The van der Waals surface area contributed by atoms with E-state index in [-0.39, 0.29) is 12.5 Å². The first kappa shape index (κ1) is 16.8.